The molecule has 0 spiro atoms. The Bertz CT molecular complexity index is 691. The highest BCUT2D eigenvalue weighted by atomic mass is 35.5. The molecule has 1 heterocycles. The maximum absolute atomic E-state index is 11.5. The van der Waals surface area contributed by atoms with Gasteiger partial charge in [0.25, 0.3) is 5.69 Å². The summed E-state index contributed by atoms with van der Waals surface area (Å²) in [4.78, 5) is 26.4. The fourth-order valence-corrected chi connectivity index (χ4v) is 2.54. The lowest BCUT2D eigenvalue weighted by atomic mass is 10.2. The molecule has 0 aliphatic rings. The monoisotopic (exact) mass is 324 g/mol. The average molecular weight is 325 g/mol. The predicted octanol–water partition coefficient (Wildman–Crippen LogP) is 3.58. The van der Waals surface area contributed by atoms with Crippen LogP contribution in [0.25, 0.3) is 0 Å². The largest absolute Gasteiger partial charge is 0.465 e. The van der Waals surface area contributed by atoms with Gasteiger partial charge in [-0.15, -0.1) is 0 Å². The molecule has 0 amide bonds. The van der Waals surface area contributed by atoms with Crippen molar-refractivity contribution in [1.29, 1.82) is 0 Å². The molecule has 0 atom stereocenters. The molecule has 2 rings (SSSR count). The van der Waals surface area contributed by atoms with E-state index >= 15 is 0 Å². The number of benzene rings is 1. The van der Waals surface area contributed by atoms with Gasteiger partial charge in [0.1, 0.15) is 5.03 Å². The number of halogens is 1. The van der Waals surface area contributed by atoms with Crippen LogP contribution in [0.2, 0.25) is 5.02 Å². The van der Waals surface area contributed by atoms with Crippen molar-refractivity contribution in [2.45, 2.75) is 9.92 Å². The molecule has 0 unspecified atom stereocenters. The molecule has 0 aliphatic carbocycles. The number of carbonyl (C=O) groups is 1. The number of nitrogens with zero attached hydrogens (tertiary/aromatic N) is 2. The molecule has 6 nitrogen and oxygen atoms in total. The zero-order valence-electron chi connectivity index (χ0n) is 10.8. The third kappa shape index (κ3) is 3.71. The van der Waals surface area contributed by atoms with Crippen LogP contribution in [0.1, 0.15) is 10.4 Å². The Morgan fingerprint density at radius 2 is 2.14 bits per heavy atom. The first-order chi connectivity index (χ1) is 10.0. The number of hydrogen-bond donors (Lipinski definition) is 0. The van der Waals surface area contributed by atoms with Gasteiger partial charge in [0, 0.05) is 12.3 Å². The van der Waals surface area contributed by atoms with Crippen LogP contribution in [0.5, 0.6) is 0 Å². The van der Waals surface area contributed by atoms with E-state index in [4.69, 9.17) is 11.6 Å². The van der Waals surface area contributed by atoms with Crippen molar-refractivity contribution in [3.63, 3.8) is 0 Å². The van der Waals surface area contributed by atoms with E-state index in [1.54, 1.807) is 12.1 Å². The number of nitro groups is 1. The van der Waals surface area contributed by atoms with E-state index in [0.717, 1.165) is 11.8 Å². The highest BCUT2D eigenvalue weighted by Gasteiger charge is 2.18. The van der Waals surface area contributed by atoms with E-state index < -0.39 is 10.9 Å². The standard InChI is InChI=1S/C13H9ClN2O4S/c1-20-13(17)8-2-4-10(16(18)19)11(6-8)21-12-5-3-9(14)7-15-12/h2-7H,1H3. The Labute approximate surface area is 129 Å². The highest BCUT2D eigenvalue weighted by molar-refractivity contribution is 7.99. The second kappa shape index (κ2) is 6.55. The van der Waals surface area contributed by atoms with Crippen molar-refractivity contribution in [2.24, 2.45) is 0 Å². The molecule has 8 heteroatoms. The average Bonchev–Trinajstić information content (AvgIpc) is 2.48. The minimum Gasteiger partial charge on any atom is -0.465 e. The fourth-order valence-electron chi connectivity index (χ4n) is 1.53. The van der Waals surface area contributed by atoms with Crippen LogP contribution in [0.4, 0.5) is 5.69 Å². The molecule has 1 aromatic carbocycles. The second-order valence-corrected chi connectivity index (χ2v) is 5.35. The fraction of sp³-hybridized carbons (Fsp3) is 0.0769. The summed E-state index contributed by atoms with van der Waals surface area (Å²) in [5.41, 5.74) is 0.129. The summed E-state index contributed by atoms with van der Waals surface area (Å²) in [5.74, 6) is -0.559. The van der Waals surface area contributed by atoms with E-state index in [-0.39, 0.29) is 11.3 Å². The number of pyridine rings is 1. The molecule has 0 aliphatic heterocycles. The van der Waals surface area contributed by atoms with Gasteiger partial charge in [-0.1, -0.05) is 23.4 Å². The summed E-state index contributed by atoms with van der Waals surface area (Å²) < 4.78 is 4.61. The van der Waals surface area contributed by atoms with Gasteiger partial charge in [0.2, 0.25) is 0 Å². The lowest BCUT2D eigenvalue weighted by molar-refractivity contribution is -0.387. The Hall–Kier alpha value is -2.12. The van der Waals surface area contributed by atoms with Crippen LogP contribution in [0.3, 0.4) is 0 Å². The summed E-state index contributed by atoms with van der Waals surface area (Å²) in [6.45, 7) is 0. The quantitative estimate of drug-likeness (QED) is 0.485. The molecule has 0 N–H and O–H groups in total. The van der Waals surface area contributed by atoms with Crippen molar-refractivity contribution in [1.82, 2.24) is 4.98 Å². The number of methoxy groups -OCH3 is 1. The van der Waals surface area contributed by atoms with Gasteiger partial charge in [-0.3, -0.25) is 10.1 Å². The summed E-state index contributed by atoms with van der Waals surface area (Å²) in [7, 11) is 1.25. The molecule has 0 bridgehead atoms. The van der Waals surface area contributed by atoms with Crippen LogP contribution >= 0.6 is 23.4 Å². The Morgan fingerprint density at radius 3 is 2.71 bits per heavy atom. The summed E-state index contributed by atoms with van der Waals surface area (Å²) in [6, 6.07) is 7.30. The van der Waals surface area contributed by atoms with Gasteiger partial charge in [-0.25, -0.2) is 9.78 Å². The van der Waals surface area contributed by atoms with Crippen molar-refractivity contribution in [3.05, 3.63) is 57.2 Å². The van der Waals surface area contributed by atoms with Gasteiger partial charge in [-0.2, -0.15) is 0 Å². The number of carbonyl (C=O) groups excluding carboxylic acids is 1. The minimum absolute atomic E-state index is 0.107. The molecule has 2 aromatic rings. The zero-order chi connectivity index (χ0) is 15.4. The maximum Gasteiger partial charge on any atom is 0.337 e. The van der Waals surface area contributed by atoms with Crippen molar-refractivity contribution in [2.75, 3.05) is 7.11 Å². The summed E-state index contributed by atoms with van der Waals surface area (Å²) in [6.07, 6.45) is 1.44. The predicted molar refractivity (Wildman–Crippen MR) is 77.8 cm³/mol. The lowest BCUT2D eigenvalue weighted by Crippen LogP contribution is -2.02. The van der Waals surface area contributed by atoms with Crippen LogP contribution in [-0.2, 0) is 4.74 Å². The maximum atomic E-state index is 11.5. The molecule has 21 heavy (non-hydrogen) atoms. The van der Waals surface area contributed by atoms with Crippen LogP contribution in [0, 0.1) is 10.1 Å². The number of hydrogen-bond acceptors (Lipinski definition) is 6. The van der Waals surface area contributed by atoms with Gasteiger partial charge < -0.3 is 4.74 Å². The van der Waals surface area contributed by atoms with Gasteiger partial charge in [-0.05, 0) is 24.3 Å². The SMILES string of the molecule is COC(=O)c1ccc([N+](=O)[O-])c(Sc2ccc(Cl)cn2)c1. The van der Waals surface area contributed by atoms with E-state index in [1.807, 2.05) is 0 Å². The molecular formula is C13H9ClN2O4S. The summed E-state index contributed by atoms with van der Waals surface area (Å²) >= 11 is 6.81. The molecular weight excluding hydrogens is 316 g/mol. The third-order valence-electron chi connectivity index (χ3n) is 2.49. The molecule has 0 saturated carbocycles. The van der Waals surface area contributed by atoms with Crippen molar-refractivity contribution >= 4 is 35.0 Å². The molecule has 0 fully saturated rings. The van der Waals surface area contributed by atoms with E-state index in [0.29, 0.717) is 14.9 Å². The number of ether oxygens (including phenoxy) is 1. The first kappa shape index (κ1) is 15.3. The first-order valence-electron chi connectivity index (χ1n) is 5.67. The van der Waals surface area contributed by atoms with E-state index in [2.05, 4.69) is 9.72 Å². The number of nitro benzene ring substituents is 1. The van der Waals surface area contributed by atoms with Crippen LogP contribution in [-0.4, -0.2) is 23.0 Å². The van der Waals surface area contributed by atoms with Crippen molar-refractivity contribution in [3.8, 4) is 0 Å². The molecule has 108 valence electrons. The molecule has 1 aromatic heterocycles. The highest BCUT2D eigenvalue weighted by Crippen LogP contribution is 2.34. The summed E-state index contributed by atoms with van der Waals surface area (Å²) in [5, 5.41) is 12.1. The van der Waals surface area contributed by atoms with E-state index in [9.17, 15) is 14.9 Å². The molecule has 0 radical (unpaired) electrons. The smallest absolute Gasteiger partial charge is 0.337 e. The van der Waals surface area contributed by atoms with E-state index in [1.165, 1.54) is 31.5 Å². The van der Waals surface area contributed by atoms with Gasteiger partial charge in [0.05, 0.1) is 27.5 Å². The van der Waals surface area contributed by atoms with Crippen LogP contribution < -0.4 is 0 Å². The topological polar surface area (TPSA) is 82.3 Å². The number of esters is 1. The van der Waals surface area contributed by atoms with Gasteiger partial charge >= 0.3 is 5.97 Å². The Kier molecular flexibility index (Phi) is 4.77. The number of aromatic nitrogens is 1. The Morgan fingerprint density at radius 1 is 1.38 bits per heavy atom. The lowest BCUT2D eigenvalue weighted by Gasteiger charge is -2.05. The third-order valence-corrected chi connectivity index (χ3v) is 3.71. The normalized spacial score (nSPS) is 10.2. The Balaban J connectivity index is 2.40. The number of rotatable bonds is 4. The first-order valence-corrected chi connectivity index (χ1v) is 6.87. The van der Waals surface area contributed by atoms with Crippen LogP contribution in [0.15, 0.2) is 46.5 Å². The van der Waals surface area contributed by atoms with Gasteiger partial charge in [0.15, 0.2) is 0 Å². The molecule has 0 saturated heterocycles. The minimum atomic E-state index is -0.559. The van der Waals surface area contributed by atoms with Crippen molar-refractivity contribution < 1.29 is 14.5 Å². The zero-order valence-corrected chi connectivity index (χ0v) is 12.4. The second-order valence-electron chi connectivity index (χ2n) is 3.85.